The van der Waals surface area contributed by atoms with Crippen LogP contribution in [0, 0.1) is 0 Å². The number of aromatic nitrogens is 2. The van der Waals surface area contributed by atoms with Gasteiger partial charge in [-0.25, -0.2) is 9.59 Å². The van der Waals surface area contributed by atoms with E-state index in [9.17, 15) is 14.4 Å². The Morgan fingerprint density at radius 3 is 2.89 bits per heavy atom. The molecule has 2 rings (SSSR count). The number of hydrogen-bond donors (Lipinski definition) is 1. The zero-order valence-corrected chi connectivity index (χ0v) is 10.7. The highest BCUT2D eigenvalue weighted by Gasteiger charge is 2.21. The summed E-state index contributed by atoms with van der Waals surface area (Å²) in [5, 5.41) is 0. The third kappa shape index (κ3) is 3.01. The van der Waals surface area contributed by atoms with Crippen molar-refractivity contribution in [2.75, 3.05) is 6.61 Å². The second-order valence-electron chi connectivity index (χ2n) is 4.40. The number of carbonyl (C=O) groups is 1. The molecule has 0 bridgehead atoms. The summed E-state index contributed by atoms with van der Waals surface area (Å²) in [5.41, 5.74) is -0.152. The van der Waals surface area contributed by atoms with Crippen LogP contribution < -0.4 is 11.2 Å². The molecule has 0 aliphatic heterocycles. The van der Waals surface area contributed by atoms with Gasteiger partial charge in [0, 0.05) is 23.9 Å². The fourth-order valence-electron chi connectivity index (χ4n) is 2.20. The summed E-state index contributed by atoms with van der Waals surface area (Å²) in [4.78, 5) is 36.4. The van der Waals surface area contributed by atoms with Gasteiger partial charge < -0.3 is 4.74 Å². The van der Waals surface area contributed by atoms with E-state index in [1.165, 1.54) is 16.8 Å². The summed E-state index contributed by atoms with van der Waals surface area (Å²) in [6, 6.07) is 1.30. The van der Waals surface area contributed by atoms with Gasteiger partial charge in [-0.05, 0) is 26.2 Å². The van der Waals surface area contributed by atoms with Crippen LogP contribution in [0.15, 0.2) is 33.5 Å². The summed E-state index contributed by atoms with van der Waals surface area (Å²) in [5.74, 6) is -0.283. The number of esters is 1. The van der Waals surface area contributed by atoms with Crippen LogP contribution in [-0.2, 0) is 9.53 Å². The highest BCUT2D eigenvalue weighted by Crippen LogP contribution is 2.26. The van der Waals surface area contributed by atoms with Crippen LogP contribution >= 0.6 is 0 Å². The van der Waals surface area contributed by atoms with Crippen molar-refractivity contribution in [3.8, 4) is 0 Å². The molecule has 0 fully saturated rings. The molecule has 1 aliphatic rings. The van der Waals surface area contributed by atoms with Gasteiger partial charge in [0.15, 0.2) is 0 Å². The highest BCUT2D eigenvalue weighted by molar-refractivity contribution is 5.88. The molecule has 1 aliphatic carbocycles. The molecule has 0 radical (unpaired) electrons. The number of allylic oxidation sites excluding steroid dienone is 1. The van der Waals surface area contributed by atoms with Crippen molar-refractivity contribution in [3.63, 3.8) is 0 Å². The van der Waals surface area contributed by atoms with Gasteiger partial charge in [0.05, 0.1) is 6.61 Å². The van der Waals surface area contributed by atoms with Gasteiger partial charge in [0.25, 0.3) is 5.56 Å². The molecule has 0 spiro atoms. The number of nitrogens with zero attached hydrogens (tertiary/aromatic N) is 1. The van der Waals surface area contributed by atoms with E-state index in [1.54, 1.807) is 6.92 Å². The van der Waals surface area contributed by atoms with E-state index in [0.717, 1.165) is 0 Å². The molecular formula is C13H16N2O4. The van der Waals surface area contributed by atoms with E-state index in [-0.39, 0.29) is 12.0 Å². The summed E-state index contributed by atoms with van der Waals surface area (Å²) >= 11 is 0. The Balaban J connectivity index is 2.13. The third-order valence-corrected chi connectivity index (χ3v) is 3.17. The number of H-pyrrole nitrogens is 1. The van der Waals surface area contributed by atoms with Crippen molar-refractivity contribution in [1.29, 1.82) is 0 Å². The molecule has 0 aromatic carbocycles. The zero-order chi connectivity index (χ0) is 13.8. The summed E-state index contributed by atoms with van der Waals surface area (Å²) in [6.45, 7) is 2.13. The predicted molar refractivity (Wildman–Crippen MR) is 68.9 cm³/mol. The van der Waals surface area contributed by atoms with Crippen LogP contribution in [0.1, 0.15) is 32.2 Å². The standard InChI is InChI=1S/C13H16N2O4/c1-2-19-12(17)9-3-5-10(6-4-9)15-8-7-11(16)14-13(15)18/h3,7-8,10H,2,4-6H2,1H3,(H,14,16,18). The van der Waals surface area contributed by atoms with Crippen LogP contribution in [0.4, 0.5) is 0 Å². The first-order valence-electron chi connectivity index (χ1n) is 6.29. The van der Waals surface area contributed by atoms with Crippen molar-refractivity contribution < 1.29 is 9.53 Å². The maximum Gasteiger partial charge on any atom is 0.333 e. The van der Waals surface area contributed by atoms with Crippen molar-refractivity contribution in [2.24, 2.45) is 0 Å². The minimum Gasteiger partial charge on any atom is -0.463 e. The van der Waals surface area contributed by atoms with Crippen molar-refractivity contribution in [3.05, 3.63) is 44.8 Å². The van der Waals surface area contributed by atoms with Crippen LogP contribution in [0.5, 0.6) is 0 Å². The molecular weight excluding hydrogens is 248 g/mol. The molecule has 102 valence electrons. The minimum absolute atomic E-state index is 0.0254. The number of hydrogen-bond acceptors (Lipinski definition) is 4. The molecule has 1 unspecified atom stereocenters. The zero-order valence-electron chi connectivity index (χ0n) is 10.7. The van der Waals surface area contributed by atoms with Gasteiger partial charge >= 0.3 is 11.7 Å². The molecule has 1 aromatic heterocycles. The Hall–Kier alpha value is -2.11. The lowest BCUT2D eigenvalue weighted by molar-refractivity contribution is -0.138. The molecule has 1 atom stereocenters. The molecule has 1 aromatic rings. The number of carbonyl (C=O) groups excluding carboxylic acids is 1. The normalized spacial score (nSPS) is 18.8. The Morgan fingerprint density at radius 1 is 1.53 bits per heavy atom. The first-order chi connectivity index (χ1) is 9.11. The fraction of sp³-hybridized carbons (Fsp3) is 0.462. The lowest BCUT2D eigenvalue weighted by Crippen LogP contribution is -2.32. The van der Waals surface area contributed by atoms with Gasteiger partial charge in [-0.1, -0.05) is 6.08 Å². The van der Waals surface area contributed by atoms with Crippen molar-refractivity contribution in [2.45, 2.75) is 32.2 Å². The Bertz CT molecular complexity index is 612. The number of ether oxygens (including phenoxy) is 1. The molecule has 19 heavy (non-hydrogen) atoms. The summed E-state index contributed by atoms with van der Waals surface area (Å²) in [6.07, 6.45) is 5.14. The van der Waals surface area contributed by atoms with E-state index < -0.39 is 11.2 Å². The molecule has 0 saturated carbocycles. The van der Waals surface area contributed by atoms with Crippen LogP contribution in [0.2, 0.25) is 0 Å². The maximum absolute atomic E-state index is 11.7. The third-order valence-electron chi connectivity index (χ3n) is 3.17. The predicted octanol–water partition coefficient (Wildman–Crippen LogP) is 0.751. The molecule has 6 heteroatoms. The molecule has 1 N–H and O–H groups in total. The summed E-state index contributed by atoms with van der Waals surface area (Å²) in [7, 11) is 0. The first-order valence-corrected chi connectivity index (χ1v) is 6.29. The average molecular weight is 264 g/mol. The Kier molecular flexibility index (Phi) is 3.99. The highest BCUT2D eigenvalue weighted by atomic mass is 16.5. The average Bonchev–Trinajstić information content (AvgIpc) is 2.39. The van der Waals surface area contributed by atoms with E-state index in [2.05, 4.69) is 4.98 Å². The number of rotatable bonds is 3. The minimum atomic E-state index is -0.412. The van der Waals surface area contributed by atoms with E-state index >= 15 is 0 Å². The summed E-state index contributed by atoms with van der Waals surface area (Å²) < 4.78 is 6.44. The van der Waals surface area contributed by atoms with E-state index in [1.807, 2.05) is 6.08 Å². The lowest BCUT2D eigenvalue weighted by atomic mass is 9.95. The van der Waals surface area contributed by atoms with E-state index in [0.29, 0.717) is 31.4 Å². The quantitative estimate of drug-likeness (QED) is 0.817. The van der Waals surface area contributed by atoms with Gasteiger partial charge in [0.1, 0.15) is 0 Å². The lowest BCUT2D eigenvalue weighted by Gasteiger charge is -2.22. The van der Waals surface area contributed by atoms with Crippen LogP contribution in [0.3, 0.4) is 0 Å². The van der Waals surface area contributed by atoms with Gasteiger partial charge in [-0.3, -0.25) is 14.3 Å². The van der Waals surface area contributed by atoms with Gasteiger partial charge in [-0.2, -0.15) is 0 Å². The van der Waals surface area contributed by atoms with Gasteiger partial charge in [0.2, 0.25) is 0 Å². The molecule has 6 nitrogen and oxygen atoms in total. The fourth-order valence-corrected chi connectivity index (χ4v) is 2.20. The Labute approximate surface area is 109 Å². The van der Waals surface area contributed by atoms with Crippen LogP contribution in [0.25, 0.3) is 0 Å². The van der Waals surface area contributed by atoms with Crippen LogP contribution in [-0.4, -0.2) is 22.1 Å². The maximum atomic E-state index is 11.7. The second-order valence-corrected chi connectivity index (χ2v) is 4.40. The number of aromatic amines is 1. The van der Waals surface area contributed by atoms with Crippen molar-refractivity contribution >= 4 is 5.97 Å². The molecule has 0 amide bonds. The molecule has 0 saturated heterocycles. The largest absolute Gasteiger partial charge is 0.463 e. The molecule has 1 heterocycles. The smallest absolute Gasteiger partial charge is 0.333 e. The number of nitrogens with one attached hydrogen (secondary N) is 1. The van der Waals surface area contributed by atoms with E-state index in [4.69, 9.17) is 4.74 Å². The topological polar surface area (TPSA) is 81.2 Å². The Morgan fingerprint density at radius 2 is 2.32 bits per heavy atom. The monoisotopic (exact) mass is 264 g/mol. The second kappa shape index (κ2) is 5.69. The SMILES string of the molecule is CCOC(=O)C1=CCC(n2ccc(=O)[nH]c2=O)CC1. The first kappa shape index (κ1) is 13.3. The van der Waals surface area contributed by atoms with Crippen molar-refractivity contribution in [1.82, 2.24) is 9.55 Å². The van der Waals surface area contributed by atoms with Gasteiger partial charge in [-0.15, -0.1) is 0 Å².